The molecular formula is C43H51BO2S. The number of allylic oxidation sites excluding steroid dienone is 9. The van der Waals surface area contributed by atoms with E-state index in [1.54, 1.807) is 24.3 Å². The van der Waals surface area contributed by atoms with Gasteiger partial charge in [-0.1, -0.05) is 147 Å². The Morgan fingerprint density at radius 1 is 0.745 bits per heavy atom. The summed E-state index contributed by atoms with van der Waals surface area (Å²) in [6.45, 7) is 20.8. The van der Waals surface area contributed by atoms with Crippen LogP contribution in [0, 0.1) is 0 Å². The molecule has 4 heteroatoms. The number of benzene rings is 4. The van der Waals surface area contributed by atoms with Gasteiger partial charge in [0, 0.05) is 4.90 Å². The topological polar surface area (TPSA) is 40.5 Å². The summed E-state index contributed by atoms with van der Waals surface area (Å²) in [6, 6.07) is 38.1. The molecule has 0 saturated heterocycles. The minimum Gasteiger partial charge on any atom is -0.423 e. The molecule has 0 spiro atoms. The third kappa shape index (κ3) is 14.3. The molecule has 4 aromatic rings. The van der Waals surface area contributed by atoms with E-state index >= 15 is 0 Å². The summed E-state index contributed by atoms with van der Waals surface area (Å²) >= 11 is 4.04. The van der Waals surface area contributed by atoms with Crippen LogP contribution < -0.4 is 5.46 Å². The molecule has 47 heavy (non-hydrogen) atoms. The standard InChI is InChI=1S/C23H30.C12H10.C6H7BO2S.C2H4/c1-7-14-18(5)21(9-3)19(6)23(15-8-2)22(10-4)20-16-12-11-13-17-20;1-3-7-11(8-4-1)12-9-5-2-6-10-12;8-7(9)5-1-3-6(10)4-2-5;1-2/h7,9-14,16-17H,3,8,15H2,1-2,4-6H3;1-10H;1-4,8-10H;1-2H2/b14-7-,21-18+,22-10-,23-19+;;;. The van der Waals surface area contributed by atoms with Crippen molar-refractivity contribution < 1.29 is 10.0 Å². The number of rotatable bonds is 9. The quantitative estimate of drug-likeness (QED) is 0.0736. The van der Waals surface area contributed by atoms with E-state index in [2.05, 4.69) is 164 Å². The number of thiol groups is 1. The summed E-state index contributed by atoms with van der Waals surface area (Å²) in [7, 11) is -1.38. The van der Waals surface area contributed by atoms with Gasteiger partial charge in [0.2, 0.25) is 0 Å². The number of hydrogen-bond acceptors (Lipinski definition) is 3. The fourth-order valence-electron chi connectivity index (χ4n) is 4.93. The molecule has 244 valence electrons. The first-order chi connectivity index (χ1) is 22.8. The second kappa shape index (κ2) is 23.9. The van der Waals surface area contributed by atoms with Crippen LogP contribution in [0.3, 0.4) is 0 Å². The first-order valence-corrected chi connectivity index (χ1v) is 16.4. The molecule has 0 aromatic heterocycles. The minimum absolute atomic E-state index is 0.484. The van der Waals surface area contributed by atoms with Crippen molar-refractivity contribution in [2.24, 2.45) is 0 Å². The molecule has 0 heterocycles. The van der Waals surface area contributed by atoms with Crippen molar-refractivity contribution >= 4 is 30.8 Å². The smallest absolute Gasteiger partial charge is 0.423 e. The summed E-state index contributed by atoms with van der Waals surface area (Å²) < 4.78 is 0. The molecule has 0 aliphatic heterocycles. The Balaban J connectivity index is 0.000000381. The maximum Gasteiger partial charge on any atom is 0.488 e. The van der Waals surface area contributed by atoms with Crippen LogP contribution in [0.15, 0.2) is 186 Å². The lowest BCUT2D eigenvalue weighted by molar-refractivity contribution is 0.425. The van der Waals surface area contributed by atoms with Crippen molar-refractivity contribution in [3.8, 4) is 11.1 Å². The van der Waals surface area contributed by atoms with Gasteiger partial charge in [-0.25, -0.2) is 0 Å². The predicted molar refractivity (Wildman–Crippen MR) is 212 cm³/mol. The van der Waals surface area contributed by atoms with Crippen molar-refractivity contribution in [1.82, 2.24) is 0 Å². The van der Waals surface area contributed by atoms with Crippen LogP contribution in [0.5, 0.6) is 0 Å². The zero-order valence-corrected chi connectivity index (χ0v) is 29.6. The van der Waals surface area contributed by atoms with Crippen LogP contribution in [0.1, 0.15) is 53.0 Å². The lowest BCUT2D eigenvalue weighted by Crippen LogP contribution is -2.29. The van der Waals surface area contributed by atoms with Crippen LogP contribution in [0.4, 0.5) is 0 Å². The van der Waals surface area contributed by atoms with Gasteiger partial charge in [-0.2, -0.15) is 0 Å². The molecule has 0 bridgehead atoms. The maximum atomic E-state index is 8.65. The van der Waals surface area contributed by atoms with E-state index in [9.17, 15) is 0 Å². The van der Waals surface area contributed by atoms with E-state index in [4.69, 9.17) is 10.0 Å². The Hall–Kier alpha value is -4.35. The molecule has 0 aliphatic rings. The largest absolute Gasteiger partial charge is 0.488 e. The van der Waals surface area contributed by atoms with E-state index in [0.29, 0.717) is 5.46 Å². The van der Waals surface area contributed by atoms with E-state index in [1.165, 1.54) is 44.6 Å². The Kier molecular flexibility index (Phi) is 20.7. The van der Waals surface area contributed by atoms with Gasteiger partial charge in [-0.15, -0.1) is 25.8 Å². The minimum atomic E-state index is -1.38. The second-order valence-corrected chi connectivity index (χ2v) is 10.9. The fraction of sp³-hybridized carbons (Fsp3) is 0.163. The molecule has 4 rings (SSSR count). The number of hydrogen-bond donors (Lipinski definition) is 3. The lowest BCUT2D eigenvalue weighted by Gasteiger charge is -2.18. The van der Waals surface area contributed by atoms with Gasteiger partial charge < -0.3 is 10.0 Å². The van der Waals surface area contributed by atoms with Gasteiger partial charge in [-0.05, 0) is 96.3 Å². The highest BCUT2D eigenvalue weighted by Crippen LogP contribution is 2.33. The highest BCUT2D eigenvalue weighted by atomic mass is 32.1. The van der Waals surface area contributed by atoms with Gasteiger partial charge in [0.1, 0.15) is 0 Å². The van der Waals surface area contributed by atoms with Crippen molar-refractivity contribution in [2.75, 3.05) is 0 Å². The molecule has 0 aliphatic carbocycles. The van der Waals surface area contributed by atoms with Gasteiger partial charge >= 0.3 is 7.12 Å². The molecule has 2 nitrogen and oxygen atoms in total. The third-order valence-electron chi connectivity index (χ3n) is 7.17. The summed E-state index contributed by atoms with van der Waals surface area (Å²) in [5.41, 5.74) is 10.9. The molecular weight excluding hydrogens is 591 g/mol. The zero-order valence-electron chi connectivity index (χ0n) is 28.7. The van der Waals surface area contributed by atoms with Crippen LogP contribution in [-0.2, 0) is 0 Å². The molecule has 0 unspecified atom stereocenters. The average Bonchev–Trinajstić information content (AvgIpc) is 3.11. The molecule has 0 saturated carbocycles. The Labute approximate surface area is 290 Å². The third-order valence-corrected chi connectivity index (χ3v) is 7.47. The SMILES string of the molecule is C=C.C=CC(=C(C)\C=C/C)/C(C)=C(CCC)/C(=C\C)c1ccccc1.OB(O)c1ccc(S)cc1.c1ccc(-c2ccccc2)cc1. The van der Waals surface area contributed by atoms with Crippen molar-refractivity contribution in [1.29, 1.82) is 0 Å². The zero-order chi connectivity index (χ0) is 35.0. The van der Waals surface area contributed by atoms with Crippen LogP contribution in [-0.4, -0.2) is 17.2 Å². The molecule has 0 amide bonds. The summed E-state index contributed by atoms with van der Waals surface area (Å²) in [6.07, 6.45) is 10.7. The van der Waals surface area contributed by atoms with Crippen LogP contribution in [0.2, 0.25) is 0 Å². The highest BCUT2D eigenvalue weighted by Gasteiger charge is 2.13. The van der Waals surface area contributed by atoms with Gasteiger partial charge in [-0.3, -0.25) is 0 Å². The molecule has 4 aromatic carbocycles. The summed E-state index contributed by atoms with van der Waals surface area (Å²) in [4.78, 5) is 0.810. The Morgan fingerprint density at radius 2 is 1.21 bits per heavy atom. The van der Waals surface area contributed by atoms with E-state index in [0.717, 1.165) is 17.7 Å². The first kappa shape index (κ1) is 40.7. The fourth-order valence-corrected chi connectivity index (χ4v) is 5.08. The summed E-state index contributed by atoms with van der Waals surface area (Å²) in [5.74, 6) is 0. The van der Waals surface area contributed by atoms with Crippen LogP contribution >= 0.6 is 12.6 Å². The maximum absolute atomic E-state index is 8.65. The Bertz CT molecular complexity index is 1530. The summed E-state index contributed by atoms with van der Waals surface area (Å²) in [5, 5.41) is 17.3. The second-order valence-electron chi connectivity index (χ2n) is 10.4. The van der Waals surface area contributed by atoms with E-state index in [-0.39, 0.29) is 0 Å². The van der Waals surface area contributed by atoms with E-state index in [1.807, 2.05) is 18.2 Å². The normalized spacial score (nSPS) is 11.7. The molecule has 0 radical (unpaired) electrons. The van der Waals surface area contributed by atoms with Gasteiger partial charge in [0.25, 0.3) is 0 Å². The van der Waals surface area contributed by atoms with Crippen molar-refractivity contribution in [2.45, 2.75) is 52.4 Å². The van der Waals surface area contributed by atoms with Gasteiger partial charge in [0.05, 0.1) is 0 Å². The first-order valence-electron chi connectivity index (χ1n) is 15.9. The Morgan fingerprint density at radius 3 is 1.60 bits per heavy atom. The molecule has 0 atom stereocenters. The van der Waals surface area contributed by atoms with E-state index < -0.39 is 7.12 Å². The highest BCUT2D eigenvalue weighted by molar-refractivity contribution is 7.80. The monoisotopic (exact) mass is 642 g/mol. The average molecular weight is 643 g/mol. The predicted octanol–water partition coefficient (Wildman–Crippen LogP) is 11.1. The molecule has 0 fully saturated rings. The lowest BCUT2D eigenvalue weighted by atomic mass is 9.81. The van der Waals surface area contributed by atoms with Crippen molar-refractivity contribution in [3.63, 3.8) is 0 Å². The van der Waals surface area contributed by atoms with Gasteiger partial charge in [0.15, 0.2) is 0 Å². The van der Waals surface area contributed by atoms with Crippen LogP contribution in [0.25, 0.3) is 16.7 Å². The van der Waals surface area contributed by atoms with Crippen molar-refractivity contribution in [3.05, 3.63) is 187 Å². The molecule has 2 N–H and O–H groups in total.